The fraction of sp³-hybridized carbons (Fsp3) is 0.179. The van der Waals surface area contributed by atoms with Crippen molar-refractivity contribution in [2.75, 3.05) is 4.90 Å². The van der Waals surface area contributed by atoms with Crippen LogP contribution < -0.4 is 4.90 Å². The van der Waals surface area contributed by atoms with E-state index < -0.39 is 23.4 Å². The minimum absolute atomic E-state index is 0.0846. The highest BCUT2D eigenvalue weighted by Gasteiger charge is 2.63. The fourth-order valence-electron chi connectivity index (χ4n) is 5.15. The van der Waals surface area contributed by atoms with Crippen molar-refractivity contribution in [3.8, 4) is 12.1 Å². The van der Waals surface area contributed by atoms with E-state index in [9.17, 15) is 15.3 Å². The van der Waals surface area contributed by atoms with E-state index in [1.165, 1.54) is 0 Å². The first-order valence-electron chi connectivity index (χ1n) is 10.6. The van der Waals surface area contributed by atoms with E-state index in [-0.39, 0.29) is 5.78 Å². The quantitative estimate of drug-likeness (QED) is 0.546. The van der Waals surface area contributed by atoms with Crippen molar-refractivity contribution >= 4 is 17.5 Å². The topological polar surface area (TPSA) is 67.9 Å². The van der Waals surface area contributed by atoms with Gasteiger partial charge in [0, 0.05) is 17.2 Å². The van der Waals surface area contributed by atoms with Crippen LogP contribution >= 0.6 is 0 Å². The molecule has 3 aromatic carbocycles. The number of anilines is 1. The molecule has 154 valence electrons. The largest absolute Gasteiger partial charge is 0.351 e. The Labute approximate surface area is 187 Å². The second kappa shape index (κ2) is 7.52. The molecule has 0 aliphatic carbocycles. The Hall–Kier alpha value is -4.15. The van der Waals surface area contributed by atoms with E-state index in [1.54, 1.807) is 12.1 Å². The summed E-state index contributed by atoms with van der Waals surface area (Å²) in [5.41, 5.74) is 2.93. The van der Waals surface area contributed by atoms with Crippen molar-refractivity contribution in [1.82, 2.24) is 0 Å². The molecular weight excluding hydrogens is 394 g/mol. The number of hydrogen-bond donors (Lipinski definition) is 0. The van der Waals surface area contributed by atoms with Gasteiger partial charge >= 0.3 is 0 Å². The number of rotatable bonds is 3. The van der Waals surface area contributed by atoms with E-state index in [1.807, 2.05) is 90.7 Å². The number of hydrogen-bond acceptors (Lipinski definition) is 4. The Balaban J connectivity index is 1.79. The molecule has 2 aliphatic heterocycles. The molecule has 2 heterocycles. The third kappa shape index (κ3) is 2.77. The molecule has 3 aromatic rings. The molecular formula is C28H21N3O. The van der Waals surface area contributed by atoms with Crippen molar-refractivity contribution < 1.29 is 4.79 Å². The number of Topliss-reactive ketones (excluding diaryl/α,β-unsaturated/α-hetero) is 1. The van der Waals surface area contributed by atoms with Gasteiger partial charge in [0.25, 0.3) is 0 Å². The maximum absolute atomic E-state index is 14.0. The molecule has 0 spiro atoms. The lowest BCUT2D eigenvalue weighted by molar-refractivity contribution is 0.0951. The van der Waals surface area contributed by atoms with Gasteiger partial charge in [0.05, 0.1) is 18.2 Å². The molecule has 0 saturated carbocycles. The molecule has 0 aromatic heterocycles. The first kappa shape index (κ1) is 19.8. The predicted molar refractivity (Wildman–Crippen MR) is 124 cm³/mol. The Morgan fingerprint density at radius 3 is 2.25 bits per heavy atom. The second-order valence-corrected chi connectivity index (χ2v) is 8.43. The van der Waals surface area contributed by atoms with Gasteiger partial charge in [0.15, 0.2) is 11.2 Å². The molecule has 0 bridgehead atoms. The minimum Gasteiger partial charge on any atom is -0.351 e. The lowest BCUT2D eigenvalue weighted by Gasteiger charge is -2.35. The van der Waals surface area contributed by atoms with Gasteiger partial charge in [-0.15, -0.1) is 0 Å². The number of fused-ring (bicyclic) bond motifs is 3. The van der Waals surface area contributed by atoms with Crippen molar-refractivity contribution in [2.24, 2.45) is 5.41 Å². The number of carbonyl (C=O) groups excluding carboxylic acids is 1. The summed E-state index contributed by atoms with van der Waals surface area (Å²) < 4.78 is 0. The monoisotopic (exact) mass is 415 g/mol. The van der Waals surface area contributed by atoms with Gasteiger partial charge in [-0.25, -0.2) is 0 Å². The van der Waals surface area contributed by atoms with Crippen LogP contribution in [0.15, 0.2) is 84.9 Å². The first-order chi connectivity index (χ1) is 15.6. The molecule has 32 heavy (non-hydrogen) atoms. The van der Waals surface area contributed by atoms with Crippen LogP contribution in [0.25, 0.3) is 6.08 Å². The third-order valence-electron chi connectivity index (χ3n) is 6.68. The van der Waals surface area contributed by atoms with Crippen LogP contribution in [-0.4, -0.2) is 17.9 Å². The zero-order chi connectivity index (χ0) is 22.3. The Morgan fingerprint density at radius 2 is 1.56 bits per heavy atom. The van der Waals surface area contributed by atoms with Crippen LogP contribution in [0.2, 0.25) is 0 Å². The number of benzene rings is 3. The van der Waals surface area contributed by atoms with Crippen LogP contribution in [0.5, 0.6) is 0 Å². The van der Waals surface area contributed by atoms with E-state index in [2.05, 4.69) is 12.1 Å². The maximum atomic E-state index is 14.0. The Bertz CT molecular complexity index is 1280. The SMILES string of the molecule is Cc1ccc([C@@H]2[C@@H](C(=O)c3ccccc3)N3c4ccccc4C=C[C@H]3C2(C#N)C#N)cc1. The lowest BCUT2D eigenvalue weighted by atomic mass is 9.69. The zero-order valence-corrected chi connectivity index (χ0v) is 17.6. The number of carbonyl (C=O) groups is 1. The lowest BCUT2D eigenvalue weighted by Crippen LogP contribution is -2.44. The summed E-state index contributed by atoms with van der Waals surface area (Å²) in [6.45, 7) is 2.00. The van der Waals surface area contributed by atoms with Crippen LogP contribution in [-0.2, 0) is 0 Å². The predicted octanol–water partition coefficient (Wildman–Crippen LogP) is 5.28. The summed E-state index contributed by atoms with van der Waals surface area (Å²) in [5, 5.41) is 20.8. The second-order valence-electron chi connectivity index (χ2n) is 8.43. The van der Waals surface area contributed by atoms with Crippen LogP contribution in [0.1, 0.15) is 33.0 Å². The number of ketones is 1. The Morgan fingerprint density at radius 1 is 0.906 bits per heavy atom. The molecule has 0 amide bonds. The van der Waals surface area contributed by atoms with Gasteiger partial charge in [-0.2, -0.15) is 10.5 Å². The van der Waals surface area contributed by atoms with Gasteiger partial charge in [-0.05, 0) is 24.1 Å². The van der Waals surface area contributed by atoms with Crippen molar-refractivity contribution in [3.63, 3.8) is 0 Å². The summed E-state index contributed by atoms with van der Waals surface area (Å²) in [6, 6.07) is 28.3. The number of nitriles is 2. The van der Waals surface area contributed by atoms with Gasteiger partial charge in [0.1, 0.15) is 6.04 Å². The minimum atomic E-state index is -1.41. The van der Waals surface area contributed by atoms with Gasteiger partial charge in [0.2, 0.25) is 0 Å². The first-order valence-corrected chi connectivity index (χ1v) is 10.6. The van der Waals surface area contributed by atoms with E-state index >= 15 is 0 Å². The molecule has 4 nitrogen and oxygen atoms in total. The van der Waals surface area contributed by atoms with E-state index in [4.69, 9.17) is 0 Å². The average Bonchev–Trinajstić information content (AvgIpc) is 3.15. The smallest absolute Gasteiger partial charge is 0.185 e. The van der Waals surface area contributed by atoms with Gasteiger partial charge in [-0.1, -0.05) is 90.5 Å². The third-order valence-corrected chi connectivity index (χ3v) is 6.68. The molecule has 5 rings (SSSR count). The molecule has 1 fully saturated rings. The highest BCUT2D eigenvalue weighted by molar-refractivity contribution is 6.04. The Kier molecular flexibility index (Phi) is 4.65. The molecule has 0 radical (unpaired) electrons. The van der Waals surface area contributed by atoms with Gasteiger partial charge in [-0.3, -0.25) is 4.79 Å². The van der Waals surface area contributed by atoms with Crippen molar-refractivity contribution in [3.05, 3.63) is 107 Å². The van der Waals surface area contributed by atoms with Gasteiger partial charge < -0.3 is 4.90 Å². The zero-order valence-electron chi connectivity index (χ0n) is 17.6. The van der Waals surface area contributed by atoms with E-state index in [0.29, 0.717) is 5.56 Å². The van der Waals surface area contributed by atoms with Crippen molar-refractivity contribution in [2.45, 2.75) is 24.9 Å². The van der Waals surface area contributed by atoms with Crippen LogP contribution in [0, 0.1) is 35.0 Å². The van der Waals surface area contributed by atoms with Crippen LogP contribution in [0.3, 0.4) is 0 Å². The highest BCUT2D eigenvalue weighted by Crippen LogP contribution is 2.55. The summed E-state index contributed by atoms with van der Waals surface area (Å²) in [6.07, 6.45) is 3.87. The summed E-state index contributed by atoms with van der Waals surface area (Å²) in [5.74, 6) is -0.690. The summed E-state index contributed by atoms with van der Waals surface area (Å²) >= 11 is 0. The molecule has 0 N–H and O–H groups in total. The normalized spacial score (nSPS) is 22.3. The summed E-state index contributed by atoms with van der Waals surface area (Å²) in [4.78, 5) is 16.0. The standard InChI is InChI=1S/C28H21N3O/c1-19-11-13-21(14-12-19)25-26(27(32)22-8-3-2-4-9-22)31-23-10-6-5-7-20(23)15-16-24(31)28(25,17-29)18-30/h2-16,24-26H,1H3/t24-,25+,26-/m0/s1. The maximum Gasteiger partial charge on any atom is 0.185 e. The number of nitrogens with zero attached hydrogens (tertiary/aromatic N) is 3. The average molecular weight is 415 g/mol. The molecule has 1 saturated heterocycles. The molecule has 2 aliphatic rings. The number of para-hydroxylation sites is 1. The highest BCUT2D eigenvalue weighted by atomic mass is 16.1. The van der Waals surface area contributed by atoms with Crippen LogP contribution in [0.4, 0.5) is 5.69 Å². The van der Waals surface area contributed by atoms with E-state index in [0.717, 1.165) is 22.4 Å². The molecule has 0 unspecified atom stereocenters. The fourth-order valence-corrected chi connectivity index (χ4v) is 5.15. The molecule has 3 atom stereocenters. The number of aryl methyl sites for hydroxylation is 1. The van der Waals surface area contributed by atoms with Crippen molar-refractivity contribution in [1.29, 1.82) is 10.5 Å². The molecule has 4 heteroatoms. The summed E-state index contributed by atoms with van der Waals surface area (Å²) in [7, 11) is 0.